The lowest BCUT2D eigenvalue weighted by molar-refractivity contribution is -0.143. The van der Waals surface area contributed by atoms with Gasteiger partial charge in [0.15, 0.2) is 0 Å². The second kappa shape index (κ2) is 13.2. The molecular weight excluding hydrogens is 514 g/mol. The number of fused-ring (bicyclic) bond motifs is 1. The van der Waals surface area contributed by atoms with Crippen LogP contribution in [0.3, 0.4) is 0 Å². The quantitative estimate of drug-likeness (QED) is 0.320. The van der Waals surface area contributed by atoms with Crippen LogP contribution in [0.2, 0.25) is 0 Å². The minimum Gasteiger partial charge on any atom is -0.493 e. The first-order chi connectivity index (χ1) is 19.5. The fourth-order valence-corrected chi connectivity index (χ4v) is 6.73. The summed E-state index contributed by atoms with van der Waals surface area (Å²) < 4.78 is 5.71. The van der Waals surface area contributed by atoms with Gasteiger partial charge in [0, 0.05) is 43.7 Å². The molecule has 2 aliphatic heterocycles. The first-order valence-electron chi connectivity index (χ1n) is 15.0. The van der Waals surface area contributed by atoms with E-state index in [2.05, 4.69) is 51.7 Å². The van der Waals surface area contributed by atoms with Crippen molar-refractivity contribution >= 4 is 17.6 Å². The molecule has 1 unspecified atom stereocenters. The Morgan fingerprint density at radius 2 is 1.98 bits per heavy atom. The summed E-state index contributed by atoms with van der Waals surface area (Å²) in [5.41, 5.74) is 10.8. The summed E-state index contributed by atoms with van der Waals surface area (Å²) in [6.45, 7) is 12.9. The second-order valence-corrected chi connectivity index (χ2v) is 12.6. The molecular formula is C34H47N3O4. The number of nitrogens with zero attached hydrogens (tertiary/aromatic N) is 2. The van der Waals surface area contributed by atoms with E-state index in [-0.39, 0.29) is 29.8 Å². The van der Waals surface area contributed by atoms with Gasteiger partial charge >= 0.3 is 5.97 Å². The molecule has 3 atom stereocenters. The zero-order valence-electron chi connectivity index (χ0n) is 25.4. The number of anilines is 1. The van der Waals surface area contributed by atoms with Crippen LogP contribution < -0.4 is 15.4 Å². The molecule has 41 heavy (non-hydrogen) atoms. The fraction of sp³-hybridized carbons (Fsp3) is 0.529. The number of allylic oxidation sites excluding steroid dienone is 2. The van der Waals surface area contributed by atoms with Crippen molar-refractivity contribution in [3.8, 4) is 5.75 Å². The molecule has 222 valence electrons. The van der Waals surface area contributed by atoms with Crippen LogP contribution >= 0.6 is 0 Å². The van der Waals surface area contributed by atoms with Gasteiger partial charge < -0.3 is 20.5 Å². The molecule has 1 amide bonds. The van der Waals surface area contributed by atoms with Crippen LogP contribution in [-0.4, -0.2) is 54.2 Å². The van der Waals surface area contributed by atoms with Gasteiger partial charge in [-0.3, -0.25) is 14.5 Å². The molecule has 1 saturated heterocycles. The highest BCUT2D eigenvalue weighted by molar-refractivity contribution is 5.95. The number of nitrogens with two attached hydrogens (primary N) is 1. The van der Waals surface area contributed by atoms with Gasteiger partial charge in [-0.2, -0.15) is 0 Å². The van der Waals surface area contributed by atoms with Gasteiger partial charge in [0.05, 0.1) is 19.1 Å². The maximum Gasteiger partial charge on any atom is 0.308 e. The molecule has 2 aromatic carbocycles. The van der Waals surface area contributed by atoms with Crippen molar-refractivity contribution in [2.45, 2.75) is 78.8 Å². The van der Waals surface area contributed by atoms with Gasteiger partial charge in [-0.1, -0.05) is 63.1 Å². The van der Waals surface area contributed by atoms with Crippen molar-refractivity contribution in [1.29, 1.82) is 0 Å². The van der Waals surface area contributed by atoms with Crippen LogP contribution in [0.5, 0.6) is 5.75 Å². The Morgan fingerprint density at radius 3 is 2.66 bits per heavy atom. The van der Waals surface area contributed by atoms with E-state index < -0.39 is 11.9 Å². The van der Waals surface area contributed by atoms with Gasteiger partial charge in [0.1, 0.15) is 5.75 Å². The van der Waals surface area contributed by atoms with Crippen molar-refractivity contribution in [1.82, 2.24) is 4.90 Å². The standard InChI is InChI=1S/C34H47N3O4/c1-6-7-14-37(27-10-8-9-24(16-27)20-35)31(38)22-36-21-28(25-11-12-30-26(17-25)13-15-41-30)32(33(39)40)29(36)19-34(4,5)18-23(2)3/h8-12,16-18,28-29,32H,6-7,13-15,19-22,35H2,1-5H3,(H,39,40)/t28-,29+,32?/m1/s1. The lowest BCUT2D eigenvalue weighted by Gasteiger charge is -2.34. The molecule has 7 nitrogen and oxygen atoms in total. The molecule has 4 rings (SSSR count). The van der Waals surface area contributed by atoms with Gasteiger partial charge in [-0.25, -0.2) is 0 Å². The number of likely N-dealkylation sites (tertiary alicyclic amines) is 1. The predicted octanol–water partition coefficient (Wildman–Crippen LogP) is 5.76. The summed E-state index contributed by atoms with van der Waals surface area (Å²) in [7, 11) is 0. The van der Waals surface area contributed by atoms with Crippen LogP contribution in [0.15, 0.2) is 54.1 Å². The van der Waals surface area contributed by atoms with Gasteiger partial charge in [0.25, 0.3) is 0 Å². The lowest BCUT2D eigenvalue weighted by Crippen LogP contribution is -2.45. The SMILES string of the molecule is CCCCN(C(=O)CN1C[C@H](c2ccc3c(c2)CCO3)C(C(=O)O)[C@@H]1CC(C)(C)C=C(C)C)c1cccc(CN)c1. The summed E-state index contributed by atoms with van der Waals surface area (Å²) in [6.07, 6.45) is 5.55. The first kappa shape index (κ1) is 30.8. The Balaban J connectivity index is 1.69. The minimum atomic E-state index is -0.807. The molecule has 0 aromatic heterocycles. The highest BCUT2D eigenvalue weighted by atomic mass is 16.5. The van der Waals surface area contributed by atoms with E-state index in [4.69, 9.17) is 10.5 Å². The van der Waals surface area contributed by atoms with E-state index in [1.807, 2.05) is 41.3 Å². The summed E-state index contributed by atoms with van der Waals surface area (Å²) >= 11 is 0. The minimum absolute atomic E-state index is 0.00946. The lowest BCUT2D eigenvalue weighted by atomic mass is 9.77. The number of carboxylic acids is 1. The molecule has 0 radical (unpaired) electrons. The van der Waals surface area contributed by atoms with Crippen LogP contribution in [0.1, 0.15) is 76.5 Å². The summed E-state index contributed by atoms with van der Waals surface area (Å²) in [6, 6.07) is 13.7. The number of aliphatic carboxylic acids is 1. The van der Waals surface area contributed by atoms with Crippen LogP contribution in [-0.2, 0) is 22.6 Å². The van der Waals surface area contributed by atoms with Crippen molar-refractivity contribution in [2.75, 3.05) is 31.1 Å². The second-order valence-electron chi connectivity index (χ2n) is 12.6. The average Bonchev–Trinajstić information content (AvgIpc) is 3.52. The third-order valence-electron chi connectivity index (χ3n) is 8.42. The number of carboxylic acid groups (broad SMARTS) is 1. The topological polar surface area (TPSA) is 96.1 Å². The van der Waals surface area contributed by atoms with Crippen LogP contribution in [0.4, 0.5) is 5.69 Å². The average molecular weight is 562 g/mol. The van der Waals surface area contributed by atoms with Crippen LogP contribution in [0, 0.1) is 11.3 Å². The number of hydrogen-bond acceptors (Lipinski definition) is 5. The Morgan fingerprint density at radius 1 is 1.20 bits per heavy atom. The zero-order chi connectivity index (χ0) is 29.7. The number of rotatable bonds is 12. The zero-order valence-corrected chi connectivity index (χ0v) is 25.4. The highest BCUT2D eigenvalue weighted by Gasteiger charge is 2.48. The Labute approximate surface area is 245 Å². The van der Waals surface area contributed by atoms with Crippen molar-refractivity contribution in [2.24, 2.45) is 17.1 Å². The molecule has 2 aliphatic rings. The summed E-state index contributed by atoms with van der Waals surface area (Å²) in [5.74, 6) is -0.776. The number of ether oxygens (including phenoxy) is 1. The maximum atomic E-state index is 14.0. The Kier molecular flexibility index (Phi) is 9.92. The van der Waals surface area contributed by atoms with Gasteiger partial charge in [-0.15, -0.1) is 0 Å². The normalized spacial score (nSPS) is 20.4. The number of unbranched alkanes of at least 4 members (excludes halogenated alkanes) is 1. The monoisotopic (exact) mass is 561 g/mol. The largest absolute Gasteiger partial charge is 0.493 e. The smallest absolute Gasteiger partial charge is 0.308 e. The number of hydrogen-bond donors (Lipinski definition) is 2. The van der Waals surface area contributed by atoms with E-state index >= 15 is 0 Å². The van der Waals surface area contributed by atoms with Crippen molar-refractivity contribution < 1.29 is 19.4 Å². The van der Waals surface area contributed by atoms with E-state index in [0.29, 0.717) is 32.7 Å². The molecule has 0 aliphatic carbocycles. The van der Waals surface area contributed by atoms with E-state index in [0.717, 1.165) is 47.4 Å². The first-order valence-corrected chi connectivity index (χ1v) is 15.0. The van der Waals surface area contributed by atoms with E-state index in [1.54, 1.807) is 0 Å². The Bertz CT molecular complexity index is 1270. The Hall–Kier alpha value is -3.16. The third kappa shape index (κ3) is 7.38. The predicted molar refractivity (Wildman–Crippen MR) is 164 cm³/mol. The molecule has 3 N–H and O–H groups in total. The molecule has 2 heterocycles. The third-order valence-corrected chi connectivity index (χ3v) is 8.42. The van der Waals surface area contributed by atoms with Crippen molar-refractivity contribution in [3.05, 3.63) is 70.8 Å². The van der Waals surface area contributed by atoms with E-state index in [1.165, 1.54) is 5.57 Å². The number of carbonyl (C=O) groups excluding carboxylic acids is 1. The number of amides is 1. The van der Waals surface area contributed by atoms with E-state index in [9.17, 15) is 14.7 Å². The highest BCUT2D eigenvalue weighted by Crippen LogP contribution is 2.44. The van der Waals surface area contributed by atoms with Gasteiger partial charge in [-0.05, 0) is 67.0 Å². The molecule has 0 saturated carbocycles. The molecule has 1 fully saturated rings. The van der Waals surface area contributed by atoms with Gasteiger partial charge in [0.2, 0.25) is 5.91 Å². The molecule has 2 aromatic rings. The van der Waals surface area contributed by atoms with Crippen molar-refractivity contribution in [3.63, 3.8) is 0 Å². The number of carbonyl (C=O) groups is 2. The number of benzene rings is 2. The molecule has 0 spiro atoms. The summed E-state index contributed by atoms with van der Waals surface area (Å²) in [5, 5.41) is 10.6. The molecule has 0 bridgehead atoms. The molecule has 7 heteroatoms. The summed E-state index contributed by atoms with van der Waals surface area (Å²) in [4.78, 5) is 31.0. The fourth-order valence-electron chi connectivity index (χ4n) is 6.73. The van der Waals surface area contributed by atoms with Crippen LogP contribution in [0.25, 0.3) is 0 Å². The maximum absolute atomic E-state index is 14.0.